The van der Waals surface area contributed by atoms with Crippen molar-refractivity contribution in [1.29, 1.82) is 0 Å². The van der Waals surface area contributed by atoms with E-state index in [0.717, 1.165) is 33.0 Å². The molecule has 2 amide bonds. The normalized spacial score (nSPS) is 13.3. The van der Waals surface area contributed by atoms with Crippen LogP contribution in [0.4, 0.5) is 5.69 Å². The summed E-state index contributed by atoms with van der Waals surface area (Å²) in [6.45, 7) is 3.88. The van der Waals surface area contributed by atoms with Crippen LogP contribution in [-0.2, 0) is 6.54 Å². The van der Waals surface area contributed by atoms with Crippen LogP contribution in [0.1, 0.15) is 37.4 Å². The summed E-state index contributed by atoms with van der Waals surface area (Å²) in [6.07, 6.45) is 0. The van der Waals surface area contributed by atoms with Crippen molar-refractivity contribution in [3.63, 3.8) is 0 Å². The largest absolute Gasteiger partial charge is 0.270 e. The van der Waals surface area contributed by atoms with Crippen molar-refractivity contribution in [2.24, 2.45) is 0 Å². The molecule has 2 heterocycles. The zero-order chi connectivity index (χ0) is 20.2. The third-order valence-electron chi connectivity index (χ3n) is 5.03. The standard InChI is InChI=1S/C20H14ClN3O4/c1-10-3-4-12-7-13(18(21)22-17(12)11(10)2)9-23-19(25)15-6-5-14(24(27)28)8-16(15)20(23)26/h3-8H,9H2,1-2H3. The maximum absolute atomic E-state index is 12.7. The first-order chi connectivity index (χ1) is 13.3. The Balaban J connectivity index is 1.72. The molecule has 28 heavy (non-hydrogen) atoms. The molecule has 0 fully saturated rings. The Morgan fingerprint density at radius 3 is 2.50 bits per heavy atom. The molecule has 0 aliphatic carbocycles. The molecule has 0 bridgehead atoms. The molecule has 140 valence electrons. The number of nitro benzene ring substituents is 1. The lowest BCUT2D eigenvalue weighted by atomic mass is 10.0. The van der Waals surface area contributed by atoms with Gasteiger partial charge in [-0.1, -0.05) is 23.7 Å². The number of nitrogens with zero attached hydrogens (tertiary/aromatic N) is 3. The summed E-state index contributed by atoms with van der Waals surface area (Å²) in [5, 5.41) is 12.0. The van der Waals surface area contributed by atoms with Gasteiger partial charge in [0.15, 0.2) is 0 Å². The van der Waals surface area contributed by atoms with E-state index in [2.05, 4.69) is 4.98 Å². The second kappa shape index (κ2) is 6.38. The third-order valence-corrected chi connectivity index (χ3v) is 5.36. The van der Waals surface area contributed by atoms with Crippen molar-refractivity contribution in [1.82, 2.24) is 9.88 Å². The number of imide groups is 1. The highest BCUT2D eigenvalue weighted by Gasteiger charge is 2.37. The van der Waals surface area contributed by atoms with Crippen LogP contribution in [0.5, 0.6) is 0 Å². The van der Waals surface area contributed by atoms with Crippen LogP contribution in [0.2, 0.25) is 5.15 Å². The number of hydrogen-bond donors (Lipinski definition) is 0. The van der Waals surface area contributed by atoms with E-state index in [0.29, 0.717) is 5.56 Å². The van der Waals surface area contributed by atoms with Crippen molar-refractivity contribution in [2.45, 2.75) is 20.4 Å². The zero-order valence-electron chi connectivity index (χ0n) is 15.0. The molecule has 0 unspecified atom stereocenters. The maximum atomic E-state index is 12.7. The molecular formula is C20H14ClN3O4. The summed E-state index contributed by atoms with van der Waals surface area (Å²) in [6, 6.07) is 9.34. The van der Waals surface area contributed by atoms with Crippen molar-refractivity contribution in [3.8, 4) is 0 Å². The molecule has 0 saturated carbocycles. The van der Waals surface area contributed by atoms with Crippen molar-refractivity contribution >= 4 is 40.0 Å². The fourth-order valence-corrected chi connectivity index (χ4v) is 3.52. The number of pyridine rings is 1. The third kappa shape index (κ3) is 2.71. The van der Waals surface area contributed by atoms with Gasteiger partial charge in [-0.2, -0.15) is 0 Å². The predicted octanol–water partition coefficient (Wildman–Crippen LogP) is 4.21. The van der Waals surface area contributed by atoms with Crippen LogP contribution in [0.25, 0.3) is 10.9 Å². The van der Waals surface area contributed by atoms with Crippen LogP contribution >= 0.6 is 11.6 Å². The molecular weight excluding hydrogens is 382 g/mol. The molecule has 4 rings (SSSR count). The zero-order valence-corrected chi connectivity index (χ0v) is 15.8. The topological polar surface area (TPSA) is 93.4 Å². The molecule has 1 aromatic heterocycles. The Hall–Kier alpha value is -3.32. The summed E-state index contributed by atoms with van der Waals surface area (Å²) in [7, 11) is 0. The lowest BCUT2D eigenvalue weighted by Crippen LogP contribution is -2.29. The average Bonchev–Trinajstić information content (AvgIpc) is 2.90. The summed E-state index contributed by atoms with van der Waals surface area (Å²) in [5.41, 5.74) is 3.33. The average molecular weight is 396 g/mol. The molecule has 0 radical (unpaired) electrons. The van der Waals surface area contributed by atoms with Gasteiger partial charge < -0.3 is 0 Å². The van der Waals surface area contributed by atoms with Crippen LogP contribution in [0.15, 0.2) is 36.4 Å². The molecule has 0 atom stereocenters. The first-order valence-electron chi connectivity index (χ1n) is 8.48. The molecule has 3 aromatic rings. The molecule has 0 spiro atoms. The van der Waals surface area contributed by atoms with E-state index >= 15 is 0 Å². The van der Waals surface area contributed by atoms with Gasteiger partial charge in [0.1, 0.15) is 5.15 Å². The van der Waals surface area contributed by atoms with E-state index in [4.69, 9.17) is 11.6 Å². The van der Waals surface area contributed by atoms with Gasteiger partial charge in [-0.15, -0.1) is 0 Å². The minimum absolute atomic E-state index is 0.0236. The summed E-state index contributed by atoms with van der Waals surface area (Å²) in [5.74, 6) is -1.09. The number of carbonyl (C=O) groups excluding carboxylic acids is 2. The SMILES string of the molecule is Cc1ccc2cc(CN3C(=O)c4ccc([N+](=O)[O-])cc4C3=O)c(Cl)nc2c1C. The Morgan fingerprint density at radius 2 is 1.79 bits per heavy atom. The van der Waals surface area contributed by atoms with Crippen molar-refractivity contribution in [3.05, 3.63) is 79.5 Å². The quantitative estimate of drug-likeness (QED) is 0.286. The van der Waals surface area contributed by atoms with Crippen LogP contribution in [0.3, 0.4) is 0 Å². The Kier molecular flexibility index (Phi) is 4.12. The molecule has 0 saturated heterocycles. The van der Waals surface area contributed by atoms with Gasteiger partial charge in [0.25, 0.3) is 17.5 Å². The molecule has 1 aliphatic rings. The molecule has 1 aliphatic heterocycles. The van der Waals surface area contributed by atoms with Gasteiger partial charge in [-0.25, -0.2) is 4.98 Å². The second-order valence-electron chi connectivity index (χ2n) is 6.70. The Morgan fingerprint density at radius 1 is 1.07 bits per heavy atom. The number of non-ortho nitro benzene ring substituents is 1. The van der Waals surface area contributed by atoms with Crippen LogP contribution < -0.4 is 0 Å². The number of fused-ring (bicyclic) bond motifs is 2. The number of nitro groups is 1. The number of aryl methyl sites for hydroxylation is 2. The number of benzene rings is 2. The lowest BCUT2D eigenvalue weighted by Gasteiger charge is -2.16. The highest BCUT2D eigenvalue weighted by molar-refractivity contribution is 6.30. The fourth-order valence-electron chi connectivity index (χ4n) is 3.32. The van der Waals surface area contributed by atoms with E-state index in [1.165, 1.54) is 12.1 Å². The first kappa shape index (κ1) is 18.1. The summed E-state index contributed by atoms with van der Waals surface area (Å²) >= 11 is 6.33. The minimum Gasteiger partial charge on any atom is -0.270 e. The smallest absolute Gasteiger partial charge is 0.270 e. The highest BCUT2D eigenvalue weighted by atomic mass is 35.5. The Bertz CT molecular complexity index is 1210. The van der Waals surface area contributed by atoms with Crippen molar-refractivity contribution in [2.75, 3.05) is 0 Å². The number of hydrogen-bond acceptors (Lipinski definition) is 5. The van der Waals surface area contributed by atoms with Gasteiger partial charge >= 0.3 is 0 Å². The van der Waals surface area contributed by atoms with Gasteiger partial charge in [-0.3, -0.25) is 24.6 Å². The Labute approximate surface area is 164 Å². The van der Waals surface area contributed by atoms with Gasteiger partial charge in [0, 0.05) is 23.1 Å². The number of rotatable bonds is 3. The van der Waals surface area contributed by atoms with E-state index < -0.39 is 16.7 Å². The van der Waals surface area contributed by atoms with Crippen LogP contribution in [-0.4, -0.2) is 26.6 Å². The molecule has 2 aromatic carbocycles. The fraction of sp³-hybridized carbons (Fsp3) is 0.150. The molecule has 8 heteroatoms. The predicted molar refractivity (Wildman–Crippen MR) is 104 cm³/mol. The van der Waals surface area contributed by atoms with Crippen molar-refractivity contribution < 1.29 is 14.5 Å². The molecule has 7 nitrogen and oxygen atoms in total. The highest BCUT2D eigenvalue weighted by Crippen LogP contribution is 2.30. The molecule has 0 N–H and O–H groups in total. The monoisotopic (exact) mass is 395 g/mol. The van der Waals surface area contributed by atoms with Gasteiger partial charge in [-0.05, 0) is 37.1 Å². The number of halogens is 1. The van der Waals surface area contributed by atoms with E-state index in [1.54, 1.807) is 0 Å². The van der Waals surface area contributed by atoms with Crippen LogP contribution in [0, 0.1) is 24.0 Å². The first-order valence-corrected chi connectivity index (χ1v) is 8.85. The lowest BCUT2D eigenvalue weighted by molar-refractivity contribution is -0.384. The minimum atomic E-state index is -0.602. The summed E-state index contributed by atoms with van der Waals surface area (Å²) < 4.78 is 0. The van der Waals surface area contributed by atoms with Gasteiger partial charge in [0.2, 0.25) is 0 Å². The van der Waals surface area contributed by atoms with E-state index in [1.807, 2.05) is 32.0 Å². The second-order valence-corrected chi connectivity index (χ2v) is 7.06. The van der Waals surface area contributed by atoms with Gasteiger partial charge in [0.05, 0.1) is 28.1 Å². The maximum Gasteiger partial charge on any atom is 0.270 e. The van der Waals surface area contributed by atoms with E-state index in [-0.39, 0.29) is 28.5 Å². The number of aromatic nitrogens is 1. The number of carbonyl (C=O) groups is 2. The number of amides is 2. The summed E-state index contributed by atoms with van der Waals surface area (Å²) in [4.78, 5) is 41.1. The van der Waals surface area contributed by atoms with E-state index in [9.17, 15) is 19.7 Å².